The SMILES string of the molecule is O=[N+]([O-])c1ccc(Br)cc1CNCC1CCSC1. The molecule has 6 heteroatoms. The zero-order valence-electron chi connectivity index (χ0n) is 9.89. The molecular formula is C12H15BrN2O2S. The zero-order chi connectivity index (χ0) is 13.0. The Morgan fingerprint density at radius 1 is 1.56 bits per heavy atom. The minimum Gasteiger partial charge on any atom is -0.312 e. The van der Waals surface area contributed by atoms with Gasteiger partial charge in [-0.3, -0.25) is 10.1 Å². The second-order valence-corrected chi connectivity index (χ2v) is 6.46. The Hall–Kier alpha value is -0.590. The van der Waals surface area contributed by atoms with Crippen molar-refractivity contribution in [3.05, 3.63) is 38.3 Å². The van der Waals surface area contributed by atoms with Crippen LogP contribution in [-0.2, 0) is 6.54 Å². The molecule has 1 aromatic carbocycles. The Bertz CT molecular complexity index is 436. The molecule has 1 atom stereocenters. The molecular weight excluding hydrogens is 316 g/mol. The third-order valence-corrected chi connectivity index (χ3v) is 4.74. The Morgan fingerprint density at radius 2 is 2.39 bits per heavy atom. The first-order valence-corrected chi connectivity index (χ1v) is 7.83. The standard InChI is InChI=1S/C12H15BrN2O2S/c13-11-1-2-12(15(16)17)10(5-11)7-14-6-9-3-4-18-8-9/h1-2,5,9,14H,3-4,6-8H2. The van der Waals surface area contributed by atoms with E-state index >= 15 is 0 Å². The highest BCUT2D eigenvalue weighted by molar-refractivity contribution is 9.10. The molecule has 1 aliphatic heterocycles. The van der Waals surface area contributed by atoms with E-state index in [1.807, 2.05) is 17.8 Å². The maximum atomic E-state index is 10.9. The third kappa shape index (κ3) is 3.70. The Balaban J connectivity index is 1.94. The molecule has 0 bridgehead atoms. The van der Waals surface area contributed by atoms with Gasteiger partial charge in [-0.05, 0) is 42.5 Å². The molecule has 0 radical (unpaired) electrons. The molecule has 98 valence electrons. The Morgan fingerprint density at radius 3 is 3.06 bits per heavy atom. The fraction of sp³-hybridized carbons (Fsp3) is 0.500. The van der Waals surface area contributed by atoms with Crippen LogP contribution in [0, 0.1) is 16.0 Å². The van der Waals surface area contributed by atoms with E-state index in [2.05, 4.69) is 21.2 Å². The lowest BCUT2D eigenvalue weighted by atomic mass is 10.1. The molecule has 0 spiro atoms. The van der Waals surface area contributed by atoms with Crippen molar-refractivity contribution in [2.75, 3.05) is 18.1 Å². The van der Waals surface area contributed by atoms with Crippen LogP contribution in [0.4, 0.5) is 5.69 Å². The summed E-state index contributed by atoms with van der Waals surface area (Å²) >= 11 is 5.33. The maximum Gasteiger partial charge on any atom is 0.273 e. The van der Waals surface area contributed by atoms with Crippen molar-refractivity contribution in [3.8, 4) is 0 Å². The molecule has 4 nitrogen and oxygen atoms in total. The Labute approximate surface area is 119 Å². The van der Waals surface area contributed by atoms with E-state index in [1.165, 1.54) is 17.9 Å². The molecule has 1 saturated heterocycles. The van der Waals surface area contributed by atoms with Crippen LogP contribution < -0.4 is 5.32 Å². The van der Waals surface area contributed by atoms with Gasteiger partial charge in [-0.1, -0.05) is 15.9 Å². The summed E-state index contributed by atoms with van der Waals surface area (Å²) in [5.74, 6) is 3.15. The largest absolute Gasteiger partial charge is 0.312 e. The summed E-state index contributed by atoms with van der Waals surface area (Å²) in [6, 6.07) is 5.07. The van der Waals surface area contributed by atoms with Crippen LogP contribution in [0.5, 0.6) is 0 Å². The van der Waals surface area contributed by atoms with E-state index in [4.69, 9.17) is 0 Å². The minimum absolute atomic E-state index is 0.187. The highest BCUT2D eigenvalue weighted by Crippen LogP contribution is 2.24. The normalized spacial score (nSPS) is 19.1. The first-order valence-electron chi connectivity index (χ1n) is 5.88. The van der Waals surface area contributed by atoms with Crippen molar-refractivity contribution in [2.24, 2.45) is 5.92 Å². The van der Waals surface area contributed by atoms with Crippen LogP contribution >= 0.6 is 27.7 Å². The molecule has 18 heavy (non-hydrogen) atoms. The average molecular weight is 331 g/mol. The van der Waals surface area contributed by atoms with E-state index in [-0.39, 0.29) is 10.6 Å². The van der Waals surface area contributed by atoms with Gasteiger partial charge in [-0.25, -0.2) is 0 Å². The summed E-state index contributed by atoms with van der Waals surface area (Å²) in [7, 11) is 0. The van der Waals surface area contributed by atoms with Crippen LogP contribution in [0.15, 0.2) is 22.7 Å². The lowest BCUT2D eigenvalue weighted by Gasteiger charge is -2.10. The summed E-state index contributed by atoms with van der Waals surface area (Å²) in [5.41, 5.74) is 0.923. The van der Waals surface area contributed by atoms with Crippen LogP contribution in [0.2, 0.25) is 0 Å². The van der Waals surface area contributed by atoms with Crippen LogP contribution in [0.3, 0.4) is 0 Å². The number of nitrogens with zero attached hydrogens (tertiary/aromatic N) is 1. The number of hydrogen-bond donors (Lipinski definition) is 1. The van der Waals surface area contributed by atoms with Gasteiger partial charge in [0.1, 0.15) is 0 Å². The Kier molecular flexibility index (Phi) is 5.03. The monoisotopic (exact) mass is 330 g/mol. The van der Waals surface area contributed by atoms with Crippen molar-refractivity contribution >= 4 is 33.4 Å². The highest BCUT2D eigenvalue weighted by Gasteiger charge is 2.17. The number of nitro benzene ring substituents is 1. The number of thioether (sulfide) groups is 1. The first-order chi connectivity index (χ1) is 8.66. The van der Waals surface area contributed by atoms with E-state index in [0.717, 1.165) is 16.6 Å². The molecule has 1 heterocycles. The van der Waals surface area contributed by atoms with Crippen LogP contribution in [0.1, 0.15) is 12.0 Å². The van der Waals surface area contributed by atoms with Gasteiger partial charge in [-0.15, -0.1) is 0 Å². The molecule has 2 rings (SSSR count). The molecule has 0 aliphatic carbocycles. The lowest BCUT2D eigenvalue weighted by molar-refractivity contribution is -0.385. The van der Waals surface area contributed by atoms with Crippen molar-refractivity contribution in [1.82, 2.24) is 5.32 Å². The van der Waals surface area contributed by atoms with Gasteiger partial charge >= 0.3 is 0 Å². The second-order valence-electron chi connectivity index (χ2n) is 4.39. The first kappa shape index (κ1) is 13.8. The number of nitrogens with one attached hydrogen (secondary N) is 1. The van der Waals surface area contributed by atoms with Crippen LogP contribution in [-0.4, -0.2) is 23.0 Å². The molecule has 1 aromatic rings. The number of benzene rings is 1. The number of halogens is 1. The van der Waals surface area contributed by atoms with Crippen LogP contribution in [0.25, 0.3) is 0 Å². The summed E-state index contributed by atoms with van der Waals surface area (Å²) in [5, 5.41) is 14.2. The predicted molar refractivity (Wildman–Crippen MR) is 77.9 cm³/mol. The van der Waals surface area contributed by atoms with Gasteiger partial charge in [0, 0.05) is 22.6 Å². The molecule has 1 fully saturated rings. The fourth-order valence-corrected chi connectivity index (χ4v) is 3.72. The highest BCUT2D eigenvalue weighted by atomic mass is 79.9. The summed E-state index contributed by atoms with van der Waals surface area (Å²) in [6.45, 7) is 1.49. The summed E-state index contributed by atoms with van der Waals surface area (Å²) < 4.78 is 0.876. The minimum atomic E-state index is -0.325. The van der Waals surface area contributed by atoms with Gasteiger partial charge in [0.15, 0.2) is 0 Å². The lowest BCUT2D eigenvalue weighted by Crippen LogP contribution is -2.22. The van der Waals surface area contributed by atoms with Gasteiger partial charge in [0.2, 0.25) is 0 Å². The molecule has 1 aliphatic rings. The summed E-state index contributed by atoms with van der Waals surface area (Å²) in [6.07, 6.45) is 1.25. The third-order valence-electron chi connectivity index (χ3n) is 3.01. The van der Waals surface area contributed by atoms with Gasteiger partial charge < -0.3 is 5.32 Å². The molecule has 0 amide bonds. The molecule has 1 N–H and O–H groups in total. The van der Waals surface area contributed by atoms with Crippen molar-refractivity contribution in [3.63, 3.8) is 0 Å². The van der Waals surface area contributed by atoms with Gasteiger partial charge in [0.25, 0.3) is 5.69 Å². The molecule has 0 saturated carbocycles. The molecule has 0 aromatic heterocycles. The second kappa shape index (κ2) is 6.54. The van der Waals surface area contributed by atoms with Gasteiger partial charge in [0.05, 0.1) is 4.92 Å². The van der Waals surface area contributed by atoms with Gasteiger partial charge in [-0.2, -0.15) is 11.8 Å². The van der Waals surface area contributed by atoms with E-state index in [1.54, 1.807) is 12.1 Å². The smallest absolute Gasteiger partial charge is 0.273 e. The van der Waals surface area contributed by atoms with Crippen molar-refractivity contribution < 1.29 is 4.92 Å². The van der Waals surface area contributed by atoms with E-state index in [0.29, 0.717) is 12.5 Å². The average Bonchev–Trinajstić information content (AvgIpc) is 2.82. The predicted octanol–water partition coefficient (Wildman–Crippen LogP) is 3.20. The van der Waals surface area contributed by atoms with Crippen molar-refractivity contribution in [1.29, 1.82) is 0 Å². The number of nitro groups is 1. The van der Waals surface area contributed by atoms with E-state index in [9.17, 15) is 10.1 Å². The van der Waals surface area contributed by atoms with E-state index < -0.39 is 0 Å². The topological polar surface area (TPSA) is 55.2 Å². The quantitative estimate of drug-likeness (QED) is 0.665. The number of rotatable bonds is 5. The number of hydrogen-bond acceptors (Lipinski definition) is 4. The fourth-order valence-electron chi connectivity index (χ4n) is 2.03. The van der Waals surface area contributed by atoms with Crippen molar-refractivity contribution in [2.45, 2.75) is 13.0 Å². The zero-order valence-corrected chi connectivity index (χ0v) is 12.3. The maximum absolute atomic E-state index is 10.9. The summed E-state index contributed by atoms with van der Waals surface area (Å²) in [4.78, 5) is 10.6. The molecule has 1 unspecified atom stereocenters.